The number of aromatic nitrogens is 2. The number of hydrogen-bond acceptors (Lipinski definition) is 5. The van der Waals surface area contributed by atoms with Crippen LogP contribution in [0.25, 0.3) is 10.2 Å². The van der Waals surface area contributed by atoms with Gasteiger partial charge in [0.25, 0.3) is 5.91 Å². The van der Waals surface area contributed by atoms with Crippen molar-refractivity contribution in [1.82, 2.24) is 9.97 Å². The molecule has 1 amide bonds. The molecule has 31 heavy (non-hydrogen) atoms. The van der Waals surface area contributed by atoms with Crippen LogP contribution in [0.4, 0.5) is 5.13 Å². The minimum Gasteiger partial charge on any atom is -0.484 e. The van der Waals surface area contributed by atoms with Crippen LogP contribution < -0.4 is 9.64 Å². The molecule has 0 saturated carbocycles. The average molecular weight is 452 g/mol. The molecule has 0 bridgehead atoms. The molecule has 5 nitrogen and oxygen atoms in total. The highest BCUT2D eigenvalue weighted by atomic mass is 35.5. The van der Waals surface area contributed by atoms with Gasteiger partial charge in [0.2, 0.25) is 0 Å². The highest BCUT2D eigenvalue weighted by molar-refractivity contribution is 7.22. The maximum Gasteiger partial charge on any atom is 0.267 e. The van der Waals surface area contributed by atoms with Crippen LogP contribution in [0.5, 0.6) is 5.75 Å². The minimum absolute atomic E-state index is 0.110. The number of hydrogen-bond donors (Lipinski definition) is 0. The molecule has 0 radical (unpaired) electrons. The van der Waals surface area contributed by atoms with Crippen LogP contribution in [-0.2, 0) is 11.3 Å². The molecule has 0 aliphatic rings. The van der Waals surface area contributed by atoms with Gasteiger partial charge in [-0.3, -0.25) is 14.7 Å². The molecule has 0 spiro atoms. The number of rotatable bonds is 7. The SMILES string of the molecule is CC(C)c1cccc2sc(N(Cc3ccccn3)C(=O)COc3ccc(Cl)cc3)nc12. The number of carbonyl (C=O) groups excluding carboxylic acids is 1. The third-order valence-corrected chi connectivity index (χ3v) is 6.11. The Bertz CT molecular complexity index is 1180. The number of anilines is 1. The van der Waals surface area contributed by atoms with Crippen molar-refractivity contribution < 1.29 is 9.53 Å². The van der Waals surface area contributed by atoms with E-state index in [0.717, 1.165) is 15.9 Å². The van der Waals surface area contributed by atoms with Crippen LogP contribution in [0.15, 0.2) is 66.9 Å². The molecule has 7 heteroatoms. The van der Waals surface area contributed by atoms with Gasteiger partial charge in [0.05, 0.1) is 22.5 Å². The maximum absolute atomic E-state index is 13.2. The van der Waals surface area contributed by atoms with E-state index < -0.39 is 0 Å². The van der Waals surface area contributed by atoms with E-state index in [9.17, 15) is 4.79 Å². The van der Waals surface area contributed by atoms with Gasteiger partial charge in [-0.05, 0) is 53.9 Å². The summed E-state index contributed by atoms with van der Waals surface area (Å²) in [5.74, 6) is 0.736. The summed E-state index contributed by atoms with van der Waals surface area (Å²) in [7, 11) is 0. The largest absolute Gasteiger partial charge is 0.484 e. The first-order valence-corrected chi connectivity index (χ1v) is 11.2. The quantitative estimate of drug-likeness (QED) is 0.341. The van der Waals surface area contributed by atoms with E-state index in [1.807, 2.05) is 30.3 Å². The number of nitrogens with zero attached hydrogens (tertiary/aromatic N) is 3. The first-order chi connectivity index (χ1) is 15.0. The molecule has 0 aliphatic heterocycles. The molecule has 0 fully saturated rings. The fourth-order valence-corrected chi connectivity index (χ4v) is 4.35. The lowest BCUT2D eigenvalue weighted by atomic mass is 10.0. The van der Waals surface area contributed by atoms with Crippen molar-refractivity contribution in [2.45, 2.75) is 26.3 Å². The second-order valence-corrected chi connectivity index (χ2v) is 8.83. The van der Waals surface area contributed by atoms with E-state index in [-0.39, 0.29) is 12.5 Å². The summed E-state index contributed by atoms with van der Waals surface area (Å²) in [6.45, 7) is 4.50. The molecule has 2 aromatic heterocycles. The number of pyridine rings is 1. The van der Waals surface area contributed by atoms with E-state index in [0.29, 0.717) is 28.4 Å². The monoisotopic (exact) mass is 451 g/mol. The Hall–Kier alpha value is -2.96. The van der Waals surface area contributed by atoms with Crippen LogP contribution in [0, 0.1) is 0 Å². The van der Waals surface area contributed by atoms with Crippen LogP contribution in [0.1, 0.15) is 31.0 Å². The third kappa shape index (κ3) is 5.03. The van der Waals surface area contributed by atoms with Gasteiger partial charge in [-0.15, -0.1) is 0 Å². The normalized spacial score (nSPS) is 11.1. The lowest BCUT2D eigenvalue weighted by Gasteiger charge is -2.19. The van der Waals surface area contributed by atoms with E-state index in [2.05, 4.69) is 24.9 Å². The van der Waals surface area contributed by atoms with Crippen molar-refractivity contribution in [3.63, 3.8) is 0 Å². The summed E-state index contributed by atoms with van der Waals surface area (Å²) in [5.41, 5.74) is 2.89. The molecule has 4 rings (SSSR count). The summed E-state index contributed by atoms with van der Waals surface area (Å²) in [4.78, 5) is 24.1. The lowest BCUT2D eigenvalue weighted by Crippen LogP contribution is -2.34. The number of halogens is 1. The minimum atomic E-state index is -0.189. The molecule has 0 aliphatic carbocycles. The second kappa shape index (κ2) is 9.45. The van der Waals surface area contributed by atoms with Crippen LogP contribution in [-0.4, -0.2) is 22.5 Å². The number of amides is 1. The number of thiazole rings is 1. The van der Waals surface area contributed by atoms with Gasteiger partial charge in [0, 0.05) is 11.2 Å². The van der Waals surface area contributed by atoms with Crippen molar-refractivity contribution in [1.29, 1.82) is 0 Å². The summed E-state index contributed by atoms with van der Waals surface area (Å²) < 4.78 is 6.76. The van der Waals surface area contributed by atoms with Crippen molar-refractivity contribution in [3.05, 3.63) is 83.1 Å². The highest BCUT2D eigenvalue weighted by Gasteiger charge is 2.22. The van der Waals surface area contributed by atoms with Gasteiger partial charge < -0.3 is 4.74 Å². The average Bonchev–Trinajstić information content (AvgIpc) is 3.21. The predicted molar refractivity (Wildman–Crippen MR) is 126 cm³/mol. The van der Waals surface area contributed by atoms with Gasteiger partial charge in [-0.2, -0.15) is 0 Å². The zero-order valence-corrected chi connectivity index (χ0v) is 18.9. The highest BCUT2D eigenvalue weighted by Crippen LogP contribution is 2.34. The van der Waals surface area contributed by atoms with Crippen molar-refractivity contribution in [3.8, 4) is 5.75 Å². The van der Waals surface area contributed by atoms with Crippen molar-refractivity contribution in [2.24, 2.45) is 0 Å². The zero-order valence-electron chi connectivity index (χ0n) is 17.3. The Morgan fingerprint density at radius 3 is 2.61 bits per heavy atom. The maximum atomic E-state index is 13.2. The van der Waals surface area contributed by atoms with Gasteiger partial charge >= 0.3 is 0 Å². The van der Waals surface area contributed by atoms with Crippen LogP contribution >= 0.6 is 22.9 Å². The second-order valence-electron chi connectivity index (χ2n) is 7.39. The van der Waals surface area contributed by atoms with Crippen LogP contribution in [0.3, 0.4) is 0 Å². The summed E-state index contributed by atoms with van der Waals surface area (Å²) in [6.07, 6.45) is 1.72. The number of para-hydroxylation sites is 1. The standard InChI is InChI=1S/C24H22ClN3O2S/c1-16(2)20-7-5-8-21-23(20)27-24(31-21)28(14-18-6-3-4-13-26-18)22(29)15-30-19-11-9-17(25)10-12-19/h3-13,16H,14-15H2,1-2H3. The number of carbonyl (C=O) groups is 1. The molecule has 4 aromatic rings. The summed E-state index contributed by atoms with van der Waals surface area (Å²) >= 11 is 7.43. The Morgan fingerprint density at radius 1 is 1.10 bits per heavy atom. The smallest absolute Gasteiger partial charge is 0.267 e. The van der Waals surface area contributed by atoms with Gasteiger partial charge in [0.15, 0.2) is 11.7 Å². The number of fused-ring (bicyclic) bond motifs is 1. The first-order valence-electron chi connectivity index (χ1n) is 9.99. The third-order valence-electron chi connectivity index (χ3n) is 4.82. The molecule has 158 valence electrons. The predicted octanol–water partition coefficient (Wildman–Crippen LogP) is 6.08. The lowest BCUT2D eigenvalue weighted by molar-refractivity contribution is -0.120. The van der Waals surface area contributed by atoms with Gasteiger partial charge in [-0.25, -0.2) is 4.98 Å². The molecule has 0 atom stereocenters. The van der Waals surface area contributed by atoms with Gasteiger partial charge in [-0.1, -0.05) is 55.0 Å². The molecule has 0 saturated heterocycles. The van der Waals surface area contributed by atoms with Gasteiger partial charge in [0.1, 0.15) is 5.75 Å². The molecule has 0 N–H and O–H groups in total. The zero-order chi connectivity index (χ0) is 21.8. The Kier molecular flexibility index (Phi) is 6.49. The fourth-order valence-electron chi connectivity index (χ4n) is 3.21. The van der Waals surface area contributed by atoms with E-state index in [1.165, 1.54) is 16.9 Å². The van der Waals surface area contributed by atoms with E-state index >= 15 is 0 Å². The van der Waals surface area contributed by atoms with E-state index in [4.69, 9.17) is 21.3 Å². The topological polar surface area (TPSA) is 55.3 Å². The molecule has 0 unspecified atom stereocenters. The van der Waals surface area contributed by atoms with Crippen molar-refractivity contribution in [2.75, 3.05) is 11.5 Å². The van der Waals surface area contributed by atoms with Crippen molar-refractivity contribution >= 4 is 44.2 Å². The molecule has 2 aromatic carbocycles. The molecule has 2 heterocycles. The Morgan fingerprint density at radius 2 is 1.90 bits per heavy atom. The summed E-state index contributed by atoms with van der Waals surface area (Å²) in [6, 6.07) is 18.8. The number of benzene rings is 2. The molecular formula is C24H22ClN3O2S. The van der Waals surface area contributed by atoms with Crippen LogP contribution in [0.2, 0.25) is 5.02 Å². The fraction of sp³-hybridized carbons (Fsp3) is 0.208. The summed E-state index contributed by atoms with van der Waals surface area (Å²) in [5, 5.41) is 1.25. The Balaban J connectivity index is 1.64. The number of ether oxygens (including phenoxy) is 1. The molecular weight excluding hydrogens is 430 g/mol. The first kappa shape index (κ1) is 21.3. The Labute approximate surface area is 190 Å². The van der Waals surface area contributed by atoms with E-state index in [1.54, 1.807) is 35.4 Å².